The van der Waals surface area contributed by atoms with E-state index in [0.717, 1.165) is 88.4 Å². The van der Waals surface area contributed by atoms with E-state index in [1.54, 1.807) is 0 Å². The van der Waals surface area contributed by atoms with Crippen LogP contribution in [0.4, 0.5) is 0 Å². The maximum atomic E-state index is 6.64. The summed E-state index contributed by atoms with van der Waals surface area (Å²) in [4.78, 5) is 15.5. The monoisotopic (exact) mass is 716 g/mol. The minimum Gasteiger partial charge on any atom is -0.456 e. The number of furan rings is 1. The zero-order chi connectivity index (χ0) is 37.0. The smallest absolute Gasteiger partial charge is 0.166 e. The first-order valence-corrected chi connectivity index (χ1v) is 18.8. The molecule has 0 atom stereocenters. The molecule has 3 aromatic heterocycles. The third-order valence-corrected chi connectivity index (χ3v) is 10.7. The Morgan fingerprint density at radius 1 is 0.357 bits per heavy atom. The maximum absolute atomic E-state index is 6.64. The summed E-state index contributed by atoms with van der Waals surface area (Å²) in [6.45, 7) is 0. The number of rotatable bonds is 6. The van der Waals surface area contributed by atoms with E-state index in [2.05, 4.69) is 156 Å². The normalized spacial score (nSPS) is 11.6. The Morgan fingerprint density at radius 3 is 1.61 bits per heavy atom. The molecule has 0 aliphatic carbocycles. The fraction of sp³-hybridized carbons (Fsp3) is 0. The molecule has 0 radical (unpaired) electrons. The Balaban J connectivity index is 1.14. The molecule has 0 saturated carbocycles. The Labute approximate surface area is 322 Å². The molecule has 0 saturated heterocycles. The van der Waals surface area contributed by atoms with Gasteiger partial charge in [-0.25, -0.2) is 15.0 Å². The van der Waals surface area contributed by atoms with E-state index in [0.29, 0.717) is 17.5 Å². The van der Waals surface area contributed by atoms with E-state index < -0.39 is 0 Å². The molecular formula is C51H32N4O. The minimum atomic E-state index is 0.597. The second-order valence-electron chi connectivity index (χ2n) is 14.0. The summed E-state index contributed by atoms with van der Waals surface area (Å²) in [7, 11) is 0. The number of fused-ring (bicyclic) bond motifs is 7. The van der Waals surface area contributed by atoms with Crippen LogP contribution in [0.3, 0.4) is 0 Å². The molecule has 5 heteroatoms. The lowest BCUT2D eigenvalue weighted by Crippen LogP contribution is -2.03. The number of aromatic nitrogens is 4. The van der Waals surface area contributed by atoms with Crippen molar-refractivity contribution in [3.8, 4) is 62.1 Å². The largest absolute Gasteiger partial charge is 0.456 e. The average molecular weight is 717 g/mol. The van der Waals surface area contributed by atoms with Crippen molar-refractivity contribution in [1.82, 2.24) is 19.5 Å². The first-order chi connectivity index (χ1) is 27.8. The van der Waals surface area contributed by atoms with E-state index in [1.165, 1.54) is 0 Å². The lowest BCUT2D eigenvalue weighted by molar-refractivity contribution is 0.669. The van der Waals surface area contributed by atoms with Crippen molar-refractivity contribution in [3.63, 3.8) is 0 Å². The summed E-state index contributed by atoms with van der Waals surface area (Å²) in [5.41, 5.74) is 12.1. The van der Waals surface area contributed by atoms with Gasteiger partial charge in [-0.1, -0.05) is 152 Å². The van der Waals surface area contributed by atoms with Gasteiger partial charge in [-0.15, -0.1) is 0 Å². The summed E-state index contributed by atoms with van der Waals surface area (Å²) < 4.78 is 9.01. The fourth-order valence-corrected chi connectivity index (χ4v) is 8.02. The minimum absolute atomic E-state index is 0.597. The Hall–Kier alpha value is -7.63. The number of hydrogen-bond acceptors (Lipinski definition) is 4. The van der Waals surface area contributed by atoms with Crippen molar-refractivity contribution in [2.75, 3.05) is 0 Å². The first kappa shape index (κ1) is 31.9. The van der Waals surface area contributed by atoms with Gasteiger partial charge in [0.15, 0.2) is 17.5 Å². The van der Waals surface area contributed by atoms with Crippen molar-refractivity contribution in [1.29, 1.82) is 0 Å². The van der Waals surface area contributed by atoms with Crippen LogP contribution in [0.25, 0.3) is 106 Å². The molecule has 8 aromatic carbocycles. The first-order valence-electron chi connectivity index (χ1n) is 18.8. The van der Waals surface area contributed by atoms with Crippen LogP contribution in [0.1, 0.15) is 0 Å². The van der Waals surface area contributed by atoms with Crippen LogP contribution in [0, 0.1) is 0 Å². The molecule has 5 nitrogen and oxygen atoms in total. The number of nitrogens with zero attached hydrogens (tertiary/aromatic N) is 4. The molecule has 0 fully saturated rings. The molecule has 0 aliphatic rings. The number of para-hydroxylation sites is 2. The maximum Gasteiger partial charge on any atom is 0.166 e. The van der Waals surface area contributed by atoms with Crippen LogP contribution in [0.5, 0.6) is 0 Å². The molecule has 11 rings (SSSR count). The van der Waals surface area contributed by atoms with E-state index >= 15 is 0 Å². The van der Waals surface area contributed by atoms with Crippen molar-refractivity contribution in [2.24, 2.45) is 0 Å². The van der Waals surface area contributed by atoms with Crippen LogP contribution in [0.2, 0.25) is 0 Å². The van der Waals surface area contributed by atoms with E-state index in [4.69, 9.17) is 19.4 Å². The van der Waals surface area contributed by atoms with Gasteiger partial charge in [0.2, 0.25) is 0 Å². The van der Waals surface area contributed by atoms with Crippen LogP contribution < -0.4 is 0 Å². The fourth-order valence-electron chi connectivity index (χ4n) is 8.02. The molecule has 262 valence electrons. The van der Waals surface area contributed by atoms with Gasteiger partial charge >= 0.3 is 0 Å². The summed E-state index contributed by atoms with van der Waals surface area (Å²) in [6, 6.07) is 67.3. The van der Waals surface area contributed by atoms with Gasteiger partial charge in [0.05, 0.1) is 22.1 Å². The molecule has 11 aromatic rings. The average Bonchev–Trinajstić information content (AvgIpc) is 3.82. The Bertz CT molecular complexity index is 3220. The summed E-state index contributed by atoms with van der Waals surface area (Å²) in [5, 5.41) is 4.45. The van der Waals surface area contributed by atoms with E-state index in [1.807, 2.05) is 42.5 Å². The molecule has 0 bridgehead atoms. The van der Waals surface area contributed by atoms with Gasteiger partial charge in [0.25, 0.3) is 0 Å². The van der Waals surface area contributed by atoms with Gasteiger partial charge in [-0.2, -0.15) is 0 Å². The summed E-state index contributed by atoms with van der Waals surface area (Å²) in [6.07, 6.45) is 0. The van der Waals surface area contributed by atoms with Crippen molar-refractivity contribution in [2.45, 2.75) is 0 Å². The van der Waals surface area contributed by atoms with E-state index in [9.17, 15) is 0 Å². The highest BCUT2D eigenvalue weighted by molar-refractivity contribution is 6.24. The van der Waals surface area contributed by atoms with Gasteiger partial charge in [0.1, 0.15) is 11.2 Å². The zero-order valence-corrected chi connectivity index (χ0v) is 30.2. The van der Waals surface area contributed by atoms with Gasteiger partial charge in [0, 0.05) is 32.8 Å². The Morgan fingerprint density at radius 2 is 0.875 bits per heavy atom. The number of benzene rings is 8. The lowest BCUT2D eigenvalue weighted by Gasteiger charge is -2.15. The van der Waals surface area contributed by atoms with Crippen LogP contribution in [0.15, 0.2) is 199 Å². The summed E-state index contributed by atoms with van der Waals surface area (Å²) in [5.74, 6) is 1.83. The predicted molar refractivity (Wildman–Crippen MR) is 229 cm³/mol. The molecule has 0 spiro atoms. The third kappa shape index (κ3) is 5.29. The molecule has 56 heavy (non-hydrogen) atoms. The second-order valence-corrected chi connectivity index (χ2v) is 14.0. The topological polar surface area (TPSA) is 56.7 Å². The van der Waals surface area contributed by atoms with Crippen LogP contribution >= 0.6 is 0 Å². The molecule has 0 aliphatic heterocycles. The third-order valence-electron chi connectivity index (χ3n) is 10.7. The second kappa shape index (κ2) is 13.0. The van der Waals surface area contributed by atoms with Crippen molar-refractivity contribution in [3.05, 3.63) is 194 Å². The van der Waals surface area contributed by atoms with Crippen molar-refractivity contribution < 1.29 is 4.42 Å². The molecule has 0 unspecified atom stereocenters. The Kier molecular flexibility index (Phi) is 7.42. The van der Waals surface area contributed by atoms with E-state index in [-0.39, 0.29) is 0 Å². The standard InChI is InChI=1S/C51H32N4O/c1-4-14-33(15-5-1)35-24-26-37(27-25-35)50-52-49(36-18-8-3-9-19-36)53-51(54-50)41-21-11-13-23-44(41)55-43-22-12-10-20-39(43)40-30-31-45-47(48(40)55)42-29-28-38(32-46(42)56-45)34-16-6-2-7-17-34/h1-32H. The highest BCUT2D eigenvalue weighted by Crippen LogP contribution is 2.43. The zero-order valence-electron chi connectivity index (χ0n) is 30.2. The predicted octanol–water partition coefficient (Wildman–Crippen LogP) is 13.2. The molecule has 0 N–H and O–H groups in total. The molecule has 3 heterocycles. The van der Waals surface area contributed by atoms with Crippen LogP contribution in [-0.4, -0.2) is 19.5 Å². The SMILES string of the molecule is c1ccc(-c2ccc(-c3nc(-c4ccccc4)nc(-c4ccccc4-n4c5ccccc5c5ccc6oc7cc(-c8ccccc8)ccc7c6c54)n3)cc2)cc1. The molecular weight excluding hydrogens is 685 g/mol. The summed E-state index contributed by atoms with van der Waals surface area (Å²) >= 11 is 0. The van der Waals surface area contributed by atoms with Crippen molar-refractivity contribution >= 4 is 43.7 Å². The number of hydrogen-bond donors (Lipinski definition) is 0. The van der Waals surface area contributed by atoms with Gasteiger partial charge < -0.3 is 8.98 Å². The quantitative estimate of drug-likeness (QED) is 0.172. The lowest BCUT2D eigenvalue weighted by atomic mass is 10.0. The highest BCUT2D eigenvalue weighted by Gasteiger charge is 2.22. The molecule has 0 amide bonds. The van der Waals surface area contributed by atoms with Gasteiger partial charge in [-0.3, -0.25) is 0 Å². The van der Waals surface area contributed by atoms with Gasteiger partial charge in [-0.05, 0) is 64.7 Å². The van der Waals surface area contributed by atoms with Crippen LogP contribution in [-0.2, 0) is 0 Å². The highest BCUT2D eigenvalue weighted by atomic mass is 16.3.